The first kappa shape index (κ1) is 14.2. The molecule has 2 rings (SSSR count). The predicted octanol–water partition coefficient (Wildman–Crippen LogP) is 4.59. The number of carbonyl (C=O) groups excluding carboxylic acids is 1. The van der Waals surface area contributed by atoms with Crippen LogP contribution >= 0.6 is 39.1 Å². The molecule has 0 saturated heterocycles. The Hall–Kier alpha value is -1.23. The van der Waals surface area contributed by atoms with Crippen molar-refractivity contribution in [2.75, 3.05) is 11.1 Å². The van der Waals surface area contributed by atoms with Gasteiger partial charge >= 0.3 is 0 Å². The molecule has 0 atom stereocenters. The van der Waals surface area contributed by atoms with E-state index in [0.717, 1.165) is 0 Å². The highest BCUT2D eigenvalue weighted by Crippen LogP contribution is 2.27. The zero-order valence-corrected chi connectivity index (χ0v) is 12.7. The summed E-state index contributed by atoms with van der Waals surface area (Å²) in [6, 6.07) is 9.82. The number of nitrogen functional groups attached to an aromatic ring is 1. The maximum Gasteiger partial charge on any atom is 0.257 e. The van der Waals surface area contributed by atoms with Gasteiger partial charge in [-0.25, -0.2) is 0 Å². The smallest absolute Gasteiger partial charge is 0.257 e. The van der Waals surface area contributed by atoms with Crippen LogP contribution in [0.3, 0.4) is 0 Å². The average Bonchev–Trinajstić information content (AvgIpc) is 2.35. The summed E-state index contributed by atoms with van der Waals surface area (Å²) < 4.78 is 0.689. The number of anilines is 2. The Morgan fingerprint density at radius 3 is 2.42 bits per heavy atom. The van der Waals surface area contributed by atoms with Gasteiger partial charge in [0.05, 0.1) is 11.3 Å². The van der Waals surface area contributed by atoms with E-state index in [1.165, 1.54) is 6.07 Å². The molecule has 0 aromatic heterocycles. The summed E-state index contributed by atoms with van der Waals surface area (Å²) in [5.41, 5.74) is 7.05. The molecule has 2 aromatic carbocycles. The van der Waals surface area contributed by atoms with Crippen LogP contribution in [0.5, 0.6) is 0 Å². The number of carbonyl (C=O) groups is 1. The number of amides is 1. The molecular formula is C13H9BrCl2N2O. The molecule has 0 aliphatic heterocycles. The lowest BCUT2D eigenvalue weighted by molar-refractivity contribution is 0.102. The lowest BCUT2D eigenvalue weighted by Gasteiger charge is -2.09. The van der Waals surface area contributed by atoms with Gasteiger partial charge in [-0.15, -0.1) is 0 Å². The highest BCUT2D eigenvalue weighted by Gasteiger charge is 2.12. The maximum absolute atomic E-state index is 12.1. The molecule has 0 bridgehead atoms. The van der Waals surface area contributed by atoms with E-state index >= 15 is 0 Å². The zero-order chi connectivity index (χ0) is 14.0. The van der Waals surface area contributed by atoms with Gasteiger partial charge in [0.25, 0.3) is 5.91 Å². The molecule has 0 saturated carbocycles. The predicted molar refractivity (Wildman–Crippen MR) is 83.0 cm³/mol. The third-order valence-electron chi connectivity index (χ3n) is 2.44. The summed E-state index contributed by atoms with van der Waals surface area (Å²) >= 11 is 15.0. The first-order chi connectivity index (χ1) is 8.97. The molecule has 0 aliphatic rings. The Labute approximate surface area is 128 Å². The monoisotopic (exact) mass is 358 g/mol. The van der Waals surface area contributed by atoms with Crippen molar-refractivity contribution in [1.82, 2.24) is 0 Å². The molecule has 98 valence electrons. The van der Waals surface area contributed by atoms with Crippen LogP contribution in [0.25, 0.3) is 0 Å². The summed E-state index contributed by atoms with van der Waals surface area (Å²) in [5.74, 6) is -0.331. The van der Waals surface area contributed by atoms with Crippen LogP contribution in [0.15, 0.2) is 40.9 Å². The quantitative estimate of drug-likeness (QED) is 0.770. The number of nitrogens with one attached hydrogen (secondary N) is 1. The Morgan fingerprint density at radius 1 is 1.11 bits per heavy atom. The SMILES string of the molecule is Nc1ccc(Cl)cc1C(=O)Nc1ccc(Cl)cc1Br. The number of hydrogen-bond acceptors (Lipinski definition) is 2. The second kappa shape index (κ2) is 5.82. The normalized spacial score (nSPS) is 10.3. The third kappa shape index (κ3) is 3.41. The van der Waals surface area contributed by atoms with E-state index in [1.54, 1.807) is 30.3 Å². The van der Waals surface area contributed by atoms with Crippen molar-refractivity contribution in [2.45, 2.75) is 0 Å². The Morgan fingerprint density at radius 2 is 1.74 bits per heavy atom. The minimum atomic E-state index is -0.331. The first-order valence-electron chi connectivity index (χ1n) is 5.29. The van der Waals surface area contributed by atoms with Gasteiger partial charge in [-0.3, -0.25) is 4.79 Å². The van der Waals surface area contributed by atoms with Crippen LogP contribution in [-0.2, 0) is 0 Å². The van der Waals surface area contributed by atoms with Gasteiger partial charge in [0.1, 0.15) is 0 Å². The molecule has 3 N–H and O–H groups in total. The van der Waals surface area contributed by atoms with Crippen molar-refractivity contribution >= 4 is 56.4 Å². The van der Waals surface area contributed by atoms with Gasteiger partial charge in [-0.05, 0) is 52.3 Å². The highest BCUT2D eigenvalue weighted by atomic mass is 79.9. The van der Waals surface area contributed by atoms with Crippen LogP contribution in [0.2, 0.25) is 10.0 Å². The van der Waals surface area contributed by atoms with Crippen LogP contribution in [0.4, 0.5) is 11.4 Å². The van der Waals surface area contributed by atoms with Gasteiger partial charge in [0.15, 0.2) is 0 Å². The molecule has 0 aliphatic carbocycles. The van der Waals surface area contributed by atoms with Gasteiger partial charge in [0, 0.05) is 20.2 Å². The van der Waals surface area contributed by atoms with Crippen molar-refractivity contribution in [3.05, 3.63) is 56.5 Å². The Kier molecular flexibility index (Phi) is 4.34. The molecule has 0 unspecified atom stereocenters. The number of nitrogens with two attached hydrogens (primary N) is 1. The molecule has 6 heteroatoms. The minimum Gasteiger partial charge on any atom is -0.398 e. The van der Waals surface area contributed by atoms with E-state index < -0.39 is 0 Å². The Bertz CT molecular complexity index is 647. The molecule has 19 heavy (non-hydrogen) atoms. The molecule has 1 amide bonds. The van der Waals surface area contributed by atoms with Gasteiger partial charge < -0.3 is 11.1 Å². The van der Waals surface area contributed by atoms with Crippen LogP contribution in [-0.4, -0.2) is 5.91 Å². The van der Waals surface area contributed by atoms with Crippen molar-refractivity contribution < 1.29 is 4.79 Å². The standard InChI is InChI=1S/C13H9BrCl2N2O/c14-10-6-8(16)2-4-12(10)18-13(19)9-5-7(15)1-3-11(9)17/h1-6H,17H2,(H,18,19). The van der Waals surface area contributed by atoms with Crippen molar-refractivity contribution in [1.29, 1.82) is 0 Å². The van der Waals surface area contributed by atoms with Gasteiger partial charge in [-0.1, -0.05) is 23.2 Å². The van der Waals surface area contributed by atoms with Crippen LogP contribution in [0.1, 0.15) is 10.4 Å². The summed E-state index contributed by atoms with van der Waals surface area (Å²) in [6.45, 7) is 0. The fourth-order valence-electron chi connectivity index (χ4n) is 1.51. The van der Waals surface area contributed by atoms with Gasteiger partial charge in [0.2, 0.25) is 0 Å². The fraction of sp³-hybridized carbons (Fsp3) is 0. The minimum absolute atomic E-state index is 0.328. The Balaban J connectivity index is 2.28. The van der Waals surface area contributed by atoms with Crippen molar-refractivity contribution in [3.8, 4) is 0 Å². The van der Waals surface area contributed by atoms with E-state index in [9.17, 15) is 4.79 Å². The average molecular weight is 360 g/mol. The van der Waals surface area contributed by atoms with E-state index in [0.29, 0.717) is 31.5 Å². The summed E-state index contributed by atoms with van der Waals surface area (Å²) in [7, 11) is 0. The number of rotatable bonds is 2. The van der Waals surface area contributed by atoms with E-state index in [2.05, 4.69) is 21.2 Å². The van der Waals surface area contributed by atoms with Crippen molar-refractivity contribution in [3.63, 3.8) is 0 Å². The zero-order valence-electron chi connectivity index (χ0n) is 9.58. The maximum atomic E-state index is 12.1. The summed E-state index contributed by atoms with van der Waals surface area (Å²) in [5, 5.41) is 3.77. The van der Waals surface area contributed by atoms with Crippen LogP contribution in [0, 0.1) is 0 Å². The van der Waals surface area contributed by atoms with E-state index in [4.69, 9.17) is 28.9 Å². The fourth-order valence-corrected chi connectivity index (χ4v) is 2.46. The first-order valence-corrected chi connectivity index (χ1v) is 6.83. The molecular weight excluding hydrogens is 351 g/mol. The van der Waals surface area contributed by atoms with Crippen LogP contribution < -0.4 is 11.1 Å². The molecule has 0 spiro atoms. The lowest BCUT2D eigenvalue weighted by atomic mass is 10.1. The second-order valence-electron chi connectivity index (χ2n) is 3.81. The van der Waals surface area contributed by atoms with E-state index in [1.807, 2.05) is 0 Å². The highest BCUT2D eigenvalue weighted by molar-refractivity contribution is 9.10. The topological polar surface area (TPSA) is 55.1 Å². The number of benzene rings is 2. The number of halogens is 3. The van der Waals surface area contributed by atoms with Gasteiger partial charge in [-0.2, -0.15) is 0 Å². The number of hydrogen-bond donors (Lipinski definition) is 2. The summed E-state index contributed by atoms with van der Waals surface area (Å²) in [4.78, 5) is 12.1. The second-order valence-corrected chi connectivity index (χ2v) is 5.54. The molecule has 0 heterocycles. The molecule has 2 aromatic rings. The molecule has 3 nitrogen and oxygen atoms in total. The van der Waals surface area contributed by atoms with Crippen molar-refractivity contribution in [2.24, 2.45) is 0 Å². The summed E-state index contributed by atoms with van der Waals surface area (Å²) in [6.07, 6.45) is 0. The largest absolute Gasteiger partial charge is 0.398 e. The lowest BCUT2D eigenvalue weighted by Crippen LogP contribution is -2.14. The molecule has 0 radical (unpaired) electrons. The van der Waals surface area contributed by atoms with E-state index in [-0.39, 0.29) is 5.91 Å². The molecule has 0 fully saturated rings. The third-order valence-corrected chi connectivity index (χ3v) is 3.57.